The van der Waals surface area contributed by atoms with Crippen molar-refractivity contribution in [2.24, 2.45) is 0 Å². The third kappa shape index (κ3) is 3.41. The largest absolute Gasteiger partial charge is 0.354 e. The molecule has 1 atom stereocenters. The Balaban J connectivity index is 0.00000161. The number of carbonyl (C=O) groups is 1. The smallest absolute Gasteiger partial charge is 0.230 e. The third-order valence-corrected chi connectivity index (χ3v) is 4.89. The molecule has 21 heavy (non-hydrogen) atoms. The van der Waals surface area contributed by atoms with Crippen LogP contribution in [0.15, 0.2) is 30.3 Å². The SMILES string of the molecule is Cl.O=C(NCC1CCCN1)C1(c2ccccc2)CCCC1. The van der Waals surface area contributed by atoms with E-state index in [0.29, 0.717) is 6.04 Å². The highest BCUT2D eigenvalue weighted by molar-refractivity contribution is 5.88. The number of benzene rings is 1. The molecule has 0 bridgehead atoms. The van der Waals surface area contributed by atoms with E-state index >= 15 is 0 Å². The molecule has 1 aliphatic heterocycles. The van der Waals surface area contributed by atoms with Gasteiger partial charge >= 0.3 is 0 Å². The number of nitrogens with one attached hydrogen (secondary N) is 2. The molecule has 116 valence electrons. The van der Waals surface area contributed by atoms with Crippen LogP contribution in [0.4, 0.5) is 0 Å². The van der Waals surface area contributed by atoms with Crippen molar-refractivity contribution in [2.75, 3.05) is 13.1 Å². The van der Waals surface area contributed by atoms with Crippen LogP contribution in [0.2, 0.25) is 0 Å². The van der Waals surface area contributed by atoms with Crippen LogP contribution in [0, 0.1) is 0 Å². The molecular formula is C17H25ClN2O. The Morgan fingerprint density at radius 1 is 1.19 bits per heavy atom. The van der Waals surface area contributed by atoms with Crippen molar-refractivity contribution in [1.82, 2.24) is 10.6 Å². The Labute approximate surface area is 133 Å². The highest BCUT2D eigenvalue weighted by Gasteiger charge is 2.42. The fraction of sp³-hybridized carbons (Fsp3) is 0.588. The van der Waals surface area contributed by atoms with Crippen LogP contribution in [0.3, 0.4) is 0 Å². The average molecular weight is 309 g/mol. The van der Waals surface area contributed by atoms with Crippen LogP contribution in [0.5, 0.6) is 0 Å². The number of hydrogen-bond acceptors (Lipinski definition) is 2. The van der Waals surface area contributed by atoms with E-state index in [4.69, 9.17) is 0 Å². The molecule has 3 nitrogen and oxygen atoms in total. The summed E-state index contributed by atoms with van der Waals surface area (Å²) in [6, 6.07) is 10.8. The maximum Gasteiger partial charge on any atom is 0.230 e. The topological polar surface area (TPSA) is 41.1 Å². The molecule has 1 saturated heterocycles. The maximum absolute atomic E-state index is 12.8. The van der Waals surface area contributed by atoms with Crippen molar-refractivity contribution in [2.45, 2.75) is 50.0 Å². The van der Waals surface area contributed by atoms with Crippen molar-refractivity contribution < 1.29 is 4.79 Å². The quantitative estimate of drug-likeness (QED) is 0.898. The van der Waals surface area contributed by atoms with E-state index in [-0.39, 0.29) is 23.7 Å². The lowest BCUT2D eigenvalue weighted by Crippen LogP contribution is -2.46. The molecule has 1 unspecified atom stereocenters. The summed E-state index contributed by atoms with van der Waals surface area (Å²) < 4.78 is 0. The lowest BCUT2D eigenvalue weighted by atomic mass is 9.78. The van der Waals surface area contributed by atoms with Crippen LogP contribution >= 0.6 is 12.4 Å². The molecule has 4 heteroatoms. The van der Waals surface area contributed by atoms with Gasteiger partial charge in [0.25, 0.3) is 0 Å². The standard InChI is InChI=1S/C17H24N2O.ClH/c20-16(19-13-15-9-6-12-18-15)17(10-4-5-11-17)14-7-2-1-3-8-14;/h1-3,7-8,15,18H,4-6,9-13H2,(H,19,20);1H. The molecule has 1 aromatic carbocycles. The Bertz CT molecular complexity index is 451. The Morgan fingerprint density at radius 3 is 2.52 bits per heavy atom. The monoisotopic (exact) mass is 308 g/mol. The summed E-state index contributed by atoms with van der Waals surface area (Å²) in [7, 11) is 0. The van der Waals surface area contributed by atoms with Gasteiger partial charge in [-0.2, -0.15) is 0 Å². The molecule has 2 fully saturated rings. The van der Waals surface area contributed by atoms with Gasteiger partial charge in [-0.25, -0.2) is 0 Å². The van der Waals surface area contributed by atoms with Gasteiger partial charge in [0.1, 0.15) is 0 Å². The zero-order chi connectivity index (χ0) is 13.8. The fourth-order valence-corrected chi connectivity index (χ4v) is 3.70. The molecule has 2 N–H and O–H groups in total. The van der Waals surface area contributed by atoms with Gasteiger partial charge < -0.3 is 10.6 Å². The van der Waals surface area contributed by atoms with Crippen LogP contribution in [-0.4, -0.2) is 25.0 Å². The molecule has 1 amide bonds. The van der Waals surface area contributed by atoms with Crippen molar-refractivity contribution in [3.05, 3.63) is 35.9 Å². The van der Waals surface area contributed by atoms with Gasteiger partial charge in [0.05, 0.1) is 5.41 Å². The summed E-state index contributed by atoms with van der Waals surface area (Å²) >= 11 is 0. The zero-order valence-electron chi connectivity index (χ0n) is 12.4. The lowest BCUT2D eigenvalue weighted by molar-refractivity contribution is -0.126. The molecule has 1 aromatic rings. The number of amides is 1. The molecule has 3 rings (SSSR count). The van der Waals surface area contributed by atoms with Crippen LogP contribution in [0.1, 0.15) is 44.1 Å². The average Bonchev–Trinajstić information content (AvgIpc) is 3.18. The second kappa shape index (κ2) is 7.28. The predicted molar refractivity (Wildman–Crippen MR) is 87.9 cm³/mol. The highest BCUT2D eigenvalue weighted by Crippen LogP contribution is 2.41. The van der Waals surface area contributed by atoms with Gasteiger partial charge in [-0.15, -0.1) is 12.4 Å². The number of rotatable bonds is 4. The Morgan fingerprint density at radius 2 is 1.90 bits per heavy atom. The number of halogens is 1. The maximum atomic E-state index is 12.8. The van der Waals surface area contributed by atoms with E-state index in [2.05, 4.69) is 22.8 Å². The predicted octanol–water partition coefficient (Wildman–Crippen LogP) is 2.79. The first kappa shape index (κ1) is 16.3. The summed E-state index contributed by atoms with van der Waals surface area (Å²) in [5.74, 6) is 0.231. The minimum absolute atomic E-state index is 0. The molecule has 1 aliphatic carbocycles. The molecular weight excluding hydrogens is 284 g/mol. The summed E-state index contributed by atoms with van der Waals surface area (Å²) in [6.45, 7) is 1.86. The van der Waals surface area contributed by atoms with Gasteiger partial charge in [-0.1, -0.05) is 43.2 Å². The third-order valence-electron chi connectivity index (χ3n) is 4.89. The van der Waals surface area contributed by atoms with Crippen molar-refractivity contribution >= 4 is 18.3 Å². The fourth-order valence-electron chi connectivity index (χ4n) is 3.70. The van der Waals surface area contributed by atoms with E-state index in [1.54, 1.807) is 0 Å². The van der Waals surface area contributed by atoms with Crippen LogP contribution in [0.25, 0.3) is 0 Å². The van der Waals surface area contributed by atoms with Gasteiger partial charge in [0.15, 0.2) is 0 Å². The highest BCUT2D eigenvalue weighted by atomic mass is 35.5. The summed E-state index contributed by atoms with van der Waals surface area (Å²) in [5.41, 5.74) is 0.911. The van der Waals surface area contributed by atoms with E-state index in [1.807, 2.05) is 18.2 Å². The summed E-state index contributed by atoms with van der Waals surface area (Å²) in [6.07, 6.45) is 6.69. The van der Waals surface area contributed by atoms with Crippen molar-refractivity contribution in [1.29, 1.82) is 0 Å². The second-order valence-corrected chi connectivity index (χ2v) is 6.16. The van der Waals surface area contributed by atoms with Crippen LogP contribution in [-0.2, 0) is 10.2 Å². The van der Waals surface area contributed by atoms with Crippen LogP contribution < -0.4 is 10.6 Å². The molecule has 2 aliphatic rings. The number of hydrogen-bond donors (Lipinski definition) is 2. The molecule has 0 aromatic heterocycles. The van der Waals surface area contributed by atoms with E-state index < -0.39 is 0 Å². The van der Waals surface area contributed by atoms with Gasteiger partial charge in [-0.3, -0.25) is 4.79 Å². The molecule has 0 radical (unpaired) electrons. The minimum Gasteiger partial charge on any atom is -0.354 e. The first-order valence-corrected chi connectivity index (χ1v) is 7.88. The zero-order valence-corrected chi connectivity index (χ0v) is 13.3. The summed E-state index contributed by atoms with van der Waals surface area (Å²) in [5, 5.41) is 6.64. The Kier molecular flexibility index (Phi) is 5.65. The second-order valence-electron chi connectivity index (χ2n) is 6.16. The number of carbonyl (C=O) groups excluding carboxylic acids is 1. The van der Waals surface area contributed by atoms with Gasteiger partial charge in [0, 0.05) is 12.6 Å². The first-order chi connectivity index (χ1) is 9.81. The van der Waals surface area contributed by atoms with Crippen molar-refractivity contribution in [3.8, 4) is 0 Å². The van der Waals surface area contributed by atoms with Crippen molar-refractivity contribution in [3.63, 3.8) is 0 Å². The lowest BCUT2D eigenvalue weighted by Gasteiger charge is -2.29. The van der Waals surface area contributed by atoms with E-state index in [9.17, 15) is 4.79 Å². The summed E-state index contributed by atoms with van der Waals surface area (Å²) in [4.78, 5) is 12.8. The van der Waals surface area contributed by atoms with Gasteiger partial charge in [0.2, 0.25) is 5.91 Å². The molecule has 1 saturated carbocycles. The molecule has 0 spiro atoms. The normalized spacial score (nSPS) is 23.5. The van der Waals surface area contributed by atoms with E-state index in [1.165, 1.54) is 18.4 Å². The Hall–Kier alpha value is -1.06. The minimum atomic E-state index is -0.278. The first-order valence-electron chi connectivity index (χ1n) is 7.88. The molecule has 1 heterocycles. The van der Waals surface area contributed by atoms with Gasteiger partial charge in [-0.05, 0) is 37.8 Å². The van der Waals surface area contributed by atoms with E-state index in [0.717, 1.165) is 38.8 Å².